The Morgan fingerprint density at radius 2 is 1.60 bits per heavy atom. The van der Waals surface area contributed by atoms with Gasteiger partial charge in [-0.25, -0.2) is 0 Å². The molecule has 0 saturated carbocycles. The lowest BCUT2D eigenvalue weighted by molar-refractivity contribution is -0.533. The van der Waals surface area contributed by atoms with Gasteiger partial charge in [0.05, 0.1) is 0 Å². The van der Waals surface area contributed by atoms with Crippen LogP contribution in [0, 0.1) is 10.1 Å². The molecule has 0 aliphatic rings. The lowest BCUT2D eigenvalue weighted by Gasteiger charge is -2.12. The summed E-state index contributed by atoms with van der Waals surface area (Å²) in [5.41, 5.74) is 0. The van der Waals surface area contributed by atoms with Gasteiger partial charge in [-0.2, -0.15) is 0 Å². The first-order chi connectivity index (χ1) is 12.1. The zero-order valence-electron chi connectivity index (χ0n) is 15.0. The van der Waals surface area contributed by atoms with Gasteiger partial charge in [-0.3, -0.25) is 14.9 Å². The van der Waals surface area contributed by atoms with E-state index in [2.05, 4.69) is 25.2 Å². The molecule has 1 N–H and O–H groups in total. The molecule has 0 spiro atoms. The van der Waals surface area contributed by atoms with Crippen molar-refractivity contribution in [1.82, 2.24) is 0 Å². The molecule has 0 aromatic rings. The fraction of sp³-hybridized carbons (Fsp3) is 0.550. The third-order valence-electron chi connectivity index (χ3n) is 3.57. The molecular formula is C20H30NO4. The normalized spacial score (nSPS) is 14.8. The Hall–Kier alpha value is -2.01. The molecule has 1 radical (unpaired) electrons. The van der Waals surface area contributed by atoms with Crippen LogP contribution in [0.2, 0.25) is 0 Å². The van der Waals surface area contributed by atoms with E-state index in [0.717, 1.165) is 19.3 Å². The Bertz CT molecular complexity index is 466. The van der Waals surface area contributed by atoms with Crippen LogP contribution in [0.4, 0.5) is 0 Å². The highest BCUT2D eigenvalue weighted by molar-refractivity contribution is 5.50. The maximum Gasteiger partial charge on any atom is 0.242 e. The number of allylic oxidation sites excluding steroid dienone is 6. The SMILES string of the molecule is CC/C=C\C/C=C\C/C=C\CC(O)C(C/C=C\CCC[C]=O)[N+](=O)[O-]. The molecule has 0 aromatic carbocycles. The summed E-state index contributed by atoms with van der Waals surface area (Å²) in [6.07, 6.45) is 21.3. The Balaban J connectivity index is 4.12. The predicted octanol–water partition coefficient (Wildman–Crippen LogP) is 4.47. The highest BCUT2D eigenvalue weighted by Crippen LogP contribution is 2.10. The maximum atomic E-state index is 11.1. The van der Waals surface area contributed by atoms with Gasteiger partial charge in [-0.15, -0.1) is 0 Å². The van der Waals surface area contributed by atoms with Crippen LogP contribution in [0.1, 0.15) is 58.3 Å². The Morgan fingerprint density at radius 1 is 1.00 bits per heavy atom. The van der Waals surface area contributed by atoms with Gasteiger partial charge in [-0.1, -0.05) is 55.5 Å². The van der Waals surface area contributed by atoms with E-state index in [0.29, 0.717) is 19.3 Å². The number of nitrogens with zero attached hydrogens (tertiary/aromatic N) is 1. The van der Waals surface area contributed by atoms with E-state index in [1.165, 1.54) is 0 Å². The quantitative estimate of drug-likeness (QED) is 0.205. The number of aliphatic hydroxyl groups is 1. The molecule has 0 aliphatic carbocycles. The predicted molar refractivity (Wildman–Crippen MR) is 102 cm³/mol. The summed E-state index contributed by atoms with van der Waals surface area (Å²) in [5, 5.41) is 21.1. The van der Waals surface area contributed by atoms with E-state index in [1.807, 2.05) is 18.2 Å². The van der Waals surface area contributed by atoms with Gasteiger partial charge in [0.15, 0.2) is 6.29 Å². The lowest BCUT2D eigenvalue weighted by Crippen LogP contribution is -2.32. The molecule has 5 heteroatoms. The minimum Gasteiger partial charge on any atom is -0.386 e. The summed E-state index contributed by atoms with van der Waals surface area (Å²) in [4.78, 5) is 20.7. The number of rotatable bonds is 15. The molecule has 0 rings (SSSR count). The first-order valence-corrected chi connectivity index (χ1v) is 8.90. The molecule has 0 amide bonds. The highest BCUT2D eigenvalue weighted by Gasteiger charge is 2.27. The molecule has 0 heterocycles. The van der Waals surface area contributed by atoms with Crippen LogP contribution in [0.5, 0.6) is 0 Å². The summed E-state index contributed by atoms with van der Waals surface area (Å²) in [5.74, 6) is 0. The van der Waals surface area contributed by atoms with Crippen LogP contribution < -0.4 is 0 Å². The summed E-state index contributed by atoms with van der Waals surface area (Å²) in [6, 6.07) is -1.01. The van der Waals surface area contributed by atoms with Crippen LogP contribution in [-0.4, -0.2) is 28.5 Å². The van der Waals surface area contributed by atoms with Crippen molar-refractivity contribution >= 4 is 6.29 Å². The van der Waals surface area contributed by atoms with Crippen molar-refractivity contribution in [3.63, 3.8) is 0 Å². The van der Waals surface area contributed by atoms with Crippen molar-refractivity contribution in [2.24, 2.45) is 0 Å². The monoisotopic (exact) mass is 348 g/mol. The minimum atomic E-state index is -1.01. The average molecular weight is 348 g/mol. The molecule has 0 aromatic heterocycles. The number of hydrogen-bond acceptors (Lipinski definition) is 4. The van der Waals surface area contributed by atoms with E-state index < -0.39 is 17.1 Å². The van der Waals surface area contributed by atoms with Gasteiger partial charge in [0.1, 0.15) is 6.10 Å². The van der Waals surface area contributed by atoms with Gasteiger partial charge in [-0.05, 0) is 38.5 Å². The standard InChI is InChI=1S/C20H30NO4/c1-2-3-4-5-6-7-8-11-14-17-20(23)19(21(24)25)16-13-10-9-12-15-18-22/h3-4,6-7,10-11,13-14,19-20,23H,2,5,8-9,12,15-17H2,1H3/b4-3-,7-6-,13-10-,14-11-. The van der Waals surface area contributed by atoms with Crippen LogP contribution in [0.3, 0.4) is 0 Å². The third-order valence-corrected chi connectivity index (χ3v) is 3.57. The Kier molecular flexibility index (Phi) is 15.5. The second kappa shape index (κ2) is 16.8. The van der Waals surface area contributed by atoms with Crippen LogP contribution >= 0.6 is 0 Å². The smallest absolute Gasteiger partial charge is 0.242 e. The van der Waals surface area contributed by atoms with Crippen LogP contribution in [-0.2, 0) is 4.79 Å². The van der Waals surface area contributed by atoms with Crippen molar-refractivity contribution in [1.29, 1.82) is 0 Å². The molecule has 25 heavy (non-hydrogen) atoms. The number of aliphatic hydroxyl groups excluding tert-OH is 1. The lowest BCUT2D eigenvalue weighted by atomic mass is 10.0. The van der Waals surface area contributed by atoms with Gasteiger partial charge in [0.2, 0.25) is 6.04 Å². The molecule has 0 fully saturated rings. The largest absolute Gasteiger partial charge is 0.386 e. The maximum absolute atomic E-state index is 11.1. The van der Waals surface area contributed by atoms with Gasteiger partial charge >= 0.3 is 0 Å². The van der Waals surface area contributed by atoms with Gasteiger partial charge in [0.25, 0.3) is 0 Å². The van der Waals surface area contributed by atoms with E-state index in [9.17, 15) is 20.0 Å². The Morgan fingerprint density at radius 3 is 2.20 bits per heavy atom. The fourth-order valence-electron chi connectivity index (χ4n) is 2.13. The van der Waals surface area contributed by atoms with Crippen molar-refractivity contribution in [3.8, 4) is 0 Å². The molecule has 139 valence electrons. The first kappa shape index (κ1) is 23.0. The molecule has 5 nitrogen and oxygen atoms in total. The number of hydrogen-bond donors (Lipinski definition) is 1. The zero-order valence-corrected chi connectivity index (χ0v) is 15.0. The van der Waals surface area contributed by atoms with Crippen LogP contribution in [0.15, 0.2) is 48.6 Å². The summed E-state index contributed by atoms with van der Waals surface area (Å²) < 4.78 is 0. The van der Waals surface area contributed by atoms with E-state index >= 15 is 0 Å². The summed E-state index contributed by atoms with van der Waals surface area (Å²) >= 11 is 0. The van der Waals surface area contributed by atoms with Crippen LogP contribution in [0.25, 0.3) is 0 Å². The van der Waals surface area contributed by atoms with E-state index in [4.69, 9.17) is 0 Å². The van der Waals surface area contributed by atoms with Crippen molar-refractivity contribution < 1.29 is 14.8 Å². The number of carbonyl (C=O) groups excluding carboxylic acids is 1. The first-order valence-electron chi connectivity index (χ1n) is 8.90. The van der Waals surface area contributed by atoms with Gasteiger partial charge < -0.3 is 5.11 Å². The van der Waals surface area contributed by atoms with Crippen molar-refractivity contribution in [2.75, 3.05) is 0 Å². The molecular weight excluding hydrogens is 318 g/mol. The fourth-order valence-corrected chi connectivity index (χ4v) is 2.13. The minimum absolute atomic E-state index is 0.191. The van der Waals surface area contributed by atoms with E-state index in [-0.39, 0.29) is 12.8 Å². The second-order valence-corrected chi connectivity index (χ2v) is 5.69. The van der Waals surface area contributed by atoms with Gasteiger partial charge in [0, 0.05) is 17.8 Å². The topological polar surface area (TPSA) is 80.4 Å². The summed E-state index contributed by atoms with van der Waals surface area (Å²) in [6.45, 7) is 2.09. The number of nitro groups is 1. The second-order valence-electron chi connectivity index (χ2n) is 5.69. The third kappa shape index (κ3) is 14.1. The molecule has 0 saturated heterocycles. The molecule has 2 unspecified atom stereocenters. The number of unbranched alkanes of at least 4 members (excludes halogenated alkanes) is 2. The van der Waals surface area contributed by atoms with E-state index in [1.54, 1.807) is 18.4 Å². The van der Waals surface area contributed by atoms with Crippen molar-refractivity contribution in [3.05, 3.63) is 58.7 Å². The molecule has 2 atom stereocenters. The highest BCUT2D eigenvalue weighted by atomic mass is 16.6. The zero-order chi connectivity index (χ0) is 18.8. The Labute approximate surface area is 151 Å². The summed E-state index contributed by atoms with van der Waals surface area (Å²) in [7, 11) is 0. The van der Waals surface area contributed by atoms with Crippen molar-refractivity contribution in [2.45, 2.75) is 70.4 Å². The molecule has 0 aliphatic heterocycles. The molecule has 0 bridgehead atoms. The average Bonchev–Trinajstić information content (AvgIpc) is 2.59.